The molecule has 2 aromatic rings. The summed E-state index contributed by atoms with van der Waals surface area (Å²) >= 11 is 0. The van der Waals surface area contributed by atoms with Gasteiger partial charge in [0.2, 0.25) is 11.8 Å². The van der Waals surface area contributed by atoms with Crippen molar-refractivity contribution in [1.29, 1.82) is 0 Å². The summed E-state index contributed by atoms with van der Waals surface area (Å²) in [5.41, 5.74) is 3.09. The standard InChI is InChI=1S/C21H26N4O3/c1-15-12-22-7-6-17(15)13-24-20(26)11-19-21(27)23-8-9-25(19)14-16-4-3-5-18(10-16)28-2/h3-7,10,12,19H,8-9,11,13-14H2,1-2H3,(H,23,27)(H,24,26). The number of benzene rings is 1. The third-order valence-corrected chi connectivity index (χ3v) is 4.95. The van der Waals surface area contributed by atoms with Crippen LogP contribution in [0.1, 0.15) is 23.1 Å². The van der Waals surface area contributed by atoms with E-state index in [2.05, 4.69) is 15.6 Å². The maximum Gasteiger partial charge on any atom is 0.237 e. The van der Waals surface area contributed by atoms with E-state index in [0.717, 1.165) is 22.4 Å². The van der Waals surface area contributed by atoms with Crippen LogP contribution in [0.2, 0.25) is 0 Å². The Morgan fingerprint density at radius 3 is 3.04 bits per heavy atom. The van der Waals surface area contributed by atoms with Gasteiger partial charge in [0.15, 0.2) is 0 Å². The lowest BCUT2D eigenvalue weighted by molar-refractivity contribution is -0.134. The van der Waals surface area contributed by atoms with Gasteiger partial charge >= 0.3 is 0 Å². The number of methoxy groups -OCH3 is 1. The van der Waals surface area contributed by atoms with Gasteiger partial charge in [-0.2, -0.15) is 0 Å². The molecule has 2 heterocycles. The first-order valence-electron chi connectivity index (χ1n) is 9.37. The molecule has 0 aliphatic carbocycles. The zero-order valence-electron chi connectivity index (χ0n) is 16.3. The number of carbonyl (C=O) groups is 2. The van der Waals surface area contributed by atoms with Crippen LogP contribution in [0.25, 0.3) is 0 Å². The van der Waals surface area contributed by atoms with E-state index in [0.29, 0.717) is 26.2 Å². The van der Waals surface area contributed by atoms with Gasteiger partial charge in [-0.1, -0.05) is 12.1 Å². The number of hydrogen-bond donors (Lipinski definition) is 2. The maximum absolute atomic E-state index is 12.5. The van der Waals surface area contributed by atoms with E-state index in [9.17, 15) is 9.59 Å². The molecule has 1 aromatic carbocycles. The predicted octanol–water partition coefficient (Wildman–Crippen LogP) is 1.41. The average Bonchev–Trinajstić information content (AvgIpc) is 2.70. The number of pyridine rings is 1. The molecule has 7 heteroatoms. The van der Waals surface area contributed by atoms with Crippen molar-refractivity contribution in [2.24, 2.45) is 0 Å². The minimum Gasteiger partial charge on any atom is -0.497 e. The molecule has 0 radical (unpaired) electrons. The second-order valence-corrected chi connectivity index (χ2v) is 6.91. The highest BCUT2D eigenvalue weighted by atomic mass is 16.5. The molecule has 1 aliphatic rings. The monoisotopic (exact) mass is 382 g/mol. The smallest absolute Gasteiger partial charge is 0.237 e. The van der Waals surface area contributed by atoms with Gasteiger partial charge in [-0.15, -0.1) is 0 Å². The Balaban J connectivity index is 1.62. The maximum atomic E-state index is 12.5. The lowest BCUT2D eigenvalue weighted by atomic mass is 10.1. The summed E-state index contributed by atoms with van der Waals surface area (Å²) in [7, 11) is 1.63. The van der Waals surface area contributed by atoms with Crippen LogP contribution in [0.4, 0.5) is 0 Å². The van der Waals surface area contributed by atoms with Gasteiger partial charge in [0.1, 0.15) is 5.75 Å². The highest BCUT2D eigenvalue weighted by Gasteiger charge is 2.31. The molecule has 1 aromatic heterocycles. The molecule has 7 nitrogen and oxygen atoms in total. The minimum absolute atomic E-state index is 0.107. The zero-order valence-corrected chi connectivity index (χ0v) is 16.3. The highest BCUT2D eigenvalue weighted by molar-refractivity contribution is 5.88. The molecule has 1 unspecified atom stereocenters. The van der Waals surface area contributed by atoms with E-state index in [1.807, 2.05) is 42.2 Å². The van der Waals surface area contributed by atoms with Crippen LogP contribution in [0.3, 0.4) is 0 Å². The van der Waals surface area contributed by atoms with Gasteiger partial charge < -0.3 is 15.4 Å². The van der Waals surface area contributed by atoms with E-state index < -0.39 is 6.04 Å². The fraction of sp³-hybridized carbons (Fsp3) is 0.381. The Morgan fingerprint density at radius 1 is 1.39 bits per heavy atom. The number of piperazine rings is 1. The first-order valence-corrected chi connectivity index (χ1v) is 9.37. The van der Waals surface area contributed by atoms with Crippen molar-refractivity contribution in [3.8, 4) is 5.75 Å². The number of nitrogens with one attached hydrogen (secondary N) is 2. The van der Waals surface area contributed by atoms with Gasteiger partial charge in [-0.25, -0.2) is 0 Å². The van der Waals surface area contributed by atoms with Crippen molar-refractivity contribution in [2.45, 2.75) is 32.5 Å². The third-order valence-electron chi connectivity index (χ3n) is 4.95. The van der Waals surface area contributed by atoms with E-state index in [1.165, 1.54) is 0 Å². The molecule has 148 valence electrons. The number of hydrogen-bond acceptors (Lipinski definition) is 5. The molecule has 0 saturated carbocycles. The number of aromatic nitrogens is 1. The van der Waals surface area contributed by atoms with Crippen molar-refractivity contribution in [3.05, 3.63) is 59.4 Å². The van der Waals surface area contributed by atoms with Gasteiger partial charge in [0, 0.05) is 38.6 Å². The summed E-state index contributed by atoms with van der Waals surface area (Å²) in [5.74, 6) is 0.527. The minimum atomic E-state index is -0.488. The third kappa shape index (κ3) is 5.07. The molecule has 0 bridgehead atoms. The van der Waals surface area contributed by atoms with Crippen LogP contribution in [0.15, 0.2) is 42.7 Å². The van der Waals surface area contributed by atoms with Gasteiger partial charge in [0.25, 0.3) is 0 Å². The number of rotatable bonds is 7. The zero-order chi connectivity index (χ0) is 19.9. The van der Waals surface area contributed by atoms with Crippen molar-refractivity contribution < 1.29 is 14.3 Å². The van der Waals surface area contributed by atoms with Crippen LogP contribution in [-0.2, 0) is 22.7 Å². The number of ether oxygens (including phenoxy) is 1. The average molecular weight is 382 g/mol. The van der Waals surface area contributed by atoms with Crippen molar-refractivity contribution in [3.63, 3.8) is 0 Å². The first kappa shape index (κ1) is 19.8. The summed E-state index contributed by atoms with van der Waals surface area (Å²) in [6.07, 6.45) is 3.60. The second-order valence-electron chi connectivity index (χ2n) is 6.91. The lowest BCUT2D eigenvalue weighted by Crippen LogP contribution is -2.56. The quantitative estimate of drug-likeness (QED) is 0.756. The molecule has 0 spiro atoms. The van der Waals surface area contributed by atoms with Crippen LogP contribution in [0, 0.1) is 6.92 Å². The van der Waals surface area contributed by atoms with Gasteiger partial charge in [-0.05, 0) is 41.8 Å². The normalized spacial score (nSPS) is 17.1. The Labute approximate surface area is 165 Å². The molecule has 1 fully saturated rings. The lowest BCUT2D eigenvalue weighted by Gasteiger charge is -2.34. The summed E-state index contributed by atoms with van der Waals surface area (Å²) in [4.78, 5) is 31.0. The predicted molar refractivity (Wildman–Crippen MR) is 106 cm³/mol. The highest BCUT2D eigenvalue weighted by Crippen LogP contribution is 2.18. The van der Waals surface area contributed by atoms with E-state index in [-0.39, 0.29) is 18.2 Å². The number of amides is 2. The van der Waals surface area contributed by atoms with Crippen molar-refractivity contribution in [2.75, 3.05) is 20.2 Å². The number of carbonyl (C=O) groups excluding carboxylic acids is 2. The number of aryl methyl sites for hydroxylation is 1. The molecule has 2 amide bonds. The van der Waals surface area contributed by atoms with Gasteiger partial charge in [0.05, 0.1) is 19.6 Å². The van der Waals surface area contributed by atoms with Gasteiger partial charge in [-0.3, -0.25) is 19.5 Å². The fourth-order valence-corrected chi connectivity index (χ4v) is 3.32. The fourth-order valence-electron chi connectivity index (χ4n) is 3.32. The molecular weight excluding hydrogens is 356 g/mol. The van der Waals surface area contributed by atoms with Crippen LogP contribution < -0.4 is 15.4 Å². The van der Waals surface area contributed by atoms with Crippen molar-refractivity contribution in [1.82, 2.24) is 20.5 Å². The largest absolute Gasteiger partial charge is 0.497 e. The topological polar surface area (TPSA) is 83.6 Å². The van der Waals surface area contributed by atoms with E-state index >= 15 is 0 Å². The Bertz CT molecular complexity index is 840. The van der Waals surface area contributed by atoms with Crippen molar-refractivity contribution >= 4 is 11.8 Å². The second kappa shape index (κ2) is 9.32. The van der Waals surface area contributed by atoms with Crippen LogP contribution >= 0.6 is 0 Å². The van der Waals surface area contributed by atoms with E-state index in [1.54, 1.807) is 19.5 Å². The summed E-state index contributed by atoms with van der Waals surface area (Å²) in [6.45, 7) is 4.25. The molecular formula is C21H26N4O3. The Kier molecular flexibility index (Phi) is 6.60. The van der Waals surface area contributed by atoms with Crippen LogP contribution in [-0.4, -0.2) is 47.9 Å². The molecule has 2 N–H and O–H groups in total. The Morgan fingerprint density at radius 2 is 2.25 bits per heavy atom. The van der Waals surface area contributed by atoms with Crippen LogP contribution in [0.5, 0.6) is 5.75 Å². The summed E-state index contributed by atoms with van der Waals surface area (Å²) in [5, 5.41) is 5.78. The SMILES string of the molecule is COc1cccc(CN2CCNC(=O)C2CC(=O)NCc2ccncc2C)c1. The first-order chi connectivity index (χ1) is 13.6. The number of nitrogens with zero attached hydrogens (tertiary/aromatic N) is 2. The Hall–Kier alpha value is -2.93. The molecule has 1 aliphatic heterocycles. The molecule has 3 rings (SSSR count). The molecule has 28 heavy (non-hydrogen) atoms. The summed E-state index contributed by atoms with van der Waals surface area (Å²) < 4.78 is 5.27. The molecule has 1 atom stereocenters. The summed E-state index contributed by atoms with van der Waals surface area (Å²) in [6, 6.07) is 9.17. The van der Waals surface area contributed by atoms with E-state index in [4.69, 9.17) is 4.74 Å². The molecule has 1 saturated heterocycles.